The normalized spacial score (nSPS) is 14.4. The molecule has 0 bridgehead atoms. The molecule has 0 unspecified atom stereocenters. The standard InChI is InChI=1S/C21H21FN4O/c1-16-15-20(26(23-16)17-7-3-2-4-8-17)21(27)25-13-11-24(12-14-25)19-10-6-5-9-18(19)22/h2-10,15H,11-14H2,1H3. The Kier molecular flexibility index (Phi) is 4.62. The molecule has 27 heavy (non-hydrogen) atoms. The molecular formula is C21H21FN4O. The molecule has 6 heteroatoms. The van der Waals surface area contributed by atoms with Crippen molar-refractivity contribution in [3.8, 4) is 5.69 Å². The second-order valence-electron chi connectivity index (χ2n) is 6.65. The second-order valence-corrected chi connectivity index (χ2v) is 6.65. The van der Waals surface area contributed by atoms with Crippen molar-refractivity contribution in [2.24, 2.45) is 0 Å². The van der Waals surface area contributed by atoms with Crippen LogP contribution in [0, 0.1) is 12.7 Å². The van der Waals surface area contributed by atoms with E-state index in [1.807, 2.05) is 59.2 Å². The number of hydrogen-bond acceptors (Lipinski definition) is 3. The first-order valence-corrected chi connectivity index (χ1v) is 9.04. The summed E-state index contributed by atoms with van der Waals surface area (Å²) >= 11 is 0. The molecule has 0 N–H and O–H groups in total. The third-order valence-corrected chi connectivity index (χ3v) is 4.81. The lowest BCUT2D eigenvalue weighted by atomic mass is 10.2. The van der Waals surface area contributed by atoms with Crippen LogP contribution >= 0.6 is 0 Å². The van der Waals surface area contributed by atoms with E-state index in [0.717, 1.165) is 11.4 Å². The highest BCUT2D eigenvalue weighted by Crippen LogP contribution is 2.21. The maximum absolute atomic E-state index is 14.0. The number of amides is 1. The predicted molar refractivity (Wildman–Crippen MR) is 103 cm³/mol. The SMILES string of the molecule is Cc1cc(C(=O)N2CCN(c3ccccc3F)CC2)n(-c2ccccc2)n1. The molecule has 0 atom stereocenters. The molecule has 1 aromatic heterocycles. The molecule has 138 valence electrons. The van der Waals surface area contributed by atoms with Crippen molar-refractivity contribution >= 4 is 11.6 Å². The summed E-state index contributed by atoms with van der Waals surface area (Å²) in [5.74, 6) is -0.275. The lowest BCUT2D eigenvalue weighted by molar-refractivity contribution is 0.0737. The largest absolute Gasteiger partial charge is 0.366 e. The first-order chi connectivity index (χ1) is 13.1. The van der Waals surface area contributed by atoms with Crippen molar-refractivity contribution in [1.29, 1.82) is 0 Å². The summed E-state index contributed by atoms with van der Waals surface area (Å²) in [6, 6.07) is 18.2. The zero-order valence-corrected chi connectivity index (χ0v) is 15.2. The van der Waals surface area contributed by atoms with Gasteiger partial charge in [0.2, 0.25) is 0 Å². The van der Waals surface area contributed by atoms with Crippen LogP contribution in [0.2, 0.25) is 0 Å². The Balaban J connectivity index is 1.52. The summed E-state index contributed by atoms with van der Waals surface area (Å²) in [4.78, 5) is 16.9. The van der Waals surface area contributed by atoms with Crippen LogP contribution in [0.3, 0.4) is 0 Å². The van der Waals surface area contributed by atoms with Crippen LogP contribution in [0.25, 0.3) is 5.69 Å². The molecule has 0 aliphatic carbocycles. The van der Waals surface area contributed by atoms with Crippen molar-refractivity contribution < 1.29 is 9.18 Å². The fourth-order valence-corrected chi connectivity index (χ4v) is 3.44. The minimum Gasteiger partial charge on any atom is -0.366 e. The molecule has 0 radical (unpaired) electrons. The van der Waals surface area contributed by atoms with E-state index in [1.54, 1.807) is 16.8 Å². The first-order valence-electron chi connectivity index (χ1n) is 9.04. The quantitative estimate of drug-likeness (QED) is 0.716. The van der Waals surface area contributed by atoms with Gasteiger partial charge in [-0.05, 0) is 37.3 Å². The number of carbonyl (C=O) groups excluding carboxylic acids is 1. The van der Waals surface area contributed by atoms with Crippen molar-refractivity contribution in [3.63, 3.8) is 0 Å². The van der Waals surface area contributed by atoms with Crippen LogP contribution in [0.1, 0.15) is 16.2 Å². The second kappa shape index (κ2) is 7.23. The van der Waals surface area contributed by atoms with Gasteiger partial charge in [-0.15, -0.1) is 0 Å². The number of anilines is 1. The van der Waals surface area contributed by atoms with Crippen LogP contribution in [0.4, 0.5) is 10.1 Å². The van der Waals surface area contributed by atoms with Crippen LogP contribution in [-0.2, 0) is 0 Å². The molecular weight excluding hydrogens is 343 g/mol. The van der Waals surface area contributed by atoms with Crippen molar-refractivity contribution in [2.75, 3.05) is 31.1 Å². The molecule has 2 aromatic carbocycles. The number of piperazine rings is 1. The molecule has 1 aliphatic rings. The highest BCUT2D eigenvalue weighted by atomic mass is 19.1. The molecule has 4 rings (SSSR count). The topological polar surface area (TPSA) is 41.4 Å². The number of para-hydroxylation sites is 2. The summed E-state index contributed by atoms with van der Waals surface area (Å²) in [7, 11) is 0. The number of aryl methyl sites for hydroxylation is 1. The van der Waals surface area contributed by atoms with Gasteiger partial charge < -0.3 is 9.80 Å². The fourth-order valence-electron chi connectivity index (χ4n) is 3.44. The maximum Gasteiger partial charge on any atom is 0.272 e. The first kappa shape index (κ1) is 17.3. The van der Waals surface area contributed by atoms with Crippen LogP contribution in [-0.4, -0.2) is 46.8 Å². The Labute approximate surface area is 157 Å². The summed E-state index contributed by atoms with van der Waals surface area (Å²) in [5, 5.41) is 4.48. The predicted octanol–water partition coefficient (Wildman–Crippen LogP) is 3.28. The van der Waals surface area contributed by atoms with E-state index in [2.05, 4.69) is 5.10 Å². The maximum atomic E-state index is 14.0. The highest BCUT2D eigenvalue weighted by molar-refractivity contribution is 5.93. The van der Waals surface area contributed by atoms with Gasteiger partial charge in [0, 0.05) is 26.2 Å². The Hall–Kier alpha value is -3.15. The number of rotatable bonds is 3. The van der Waals surface area contributed by atoms with E-state index >= 15 is 0 Å². The number of nitrogens with zero attached hydrogens (tertiary/aromatic N) is 4. The van der Waals surface area contributed by atoms with Gasteiger partial charge in [-0.25, -0.2) is 9.07 Å². The van der Waals surface area contributed by atoms with Gasteiger partial charge in [0.1, 0.15) is 11.5 Å². The van der Waals surface area contributed by atoms with E-state index in [4.69, 9.17) is 0 Å². The van der Waals surface area contributed by atoms with Crippen molar-refractivity contribution in [3.05, 3.63) is 77.9 Å². The van der Waals surface area contributed by atoms with Crippen molar-refractivity contribution in [1.82, 2.24) is 14.7 Å². The molecule has 0 saturated carbocycles. The minimum absolute atomic E-state index is 0.0485. The molecule has 2 heterocycles. The summed E-state index contributed by atoms with van der Waals surface area (Å²) < 4.78 is 15.7. The van der Waals surface area contributed by atoms with Gasteiger partial charge in [-0.1, -0.05) is 30.3 Å². The Morgan fingerprint density at radius 2 is 1.63 bits per heavy atom. The van der Waals surface area contributed by atoms with Gasteiger partial charge in [0.05, 0.1) is 17.1 Å². The zero-order valence-electron chi connectivity index (χ0n) is 15.2. The van der Waals surface area contributed by atoms with E-state index in [9.17, 15) is 9.18 Å². The molecule has 1 fully saturated rings. The van der Waals surface area contributed by atoms with E-state index in [0.29, 0.717) is 37.6 Å². The van der Waals surface area contributed by atoms with Gasteiger partial charge in [0.25, 0.3) is 5.91 Å². The van der Waals surface area contributed by atoms with Crippen LogP contribution in [0.5, 0.6) is 0 Å². The number of aromatic nitrogens is 2. The van der Waals surface area contributed by atoms with E-state index < -0.39 is 0 Å². The Morgan fingerprint density at radius 1 is 0.963 bits per heavy atom. The van der Waals surface area contributed by atoms with Gasteiger partial charge in [-0.2, -0.15) is 5.10 Å². The molecule has 0 spiro atoms. The van der Waals surface area contributed by atoms with Gasteiger partial charge in [-0.3, -0.25) is 4.79 Å². The smallest absolute Gasteiger partial charge is 0.272 e. The molecule has 5 nitrogen and oxygen atoms in total. The van der Waals surface area contributed by atoms with Crippen molar-refractivity contribution in [2.45, 2.75) is 6.92 Å². The average Bonchev–Trinajstić information content (AvgIpc) is 3.10. The fraction of sp³-hybridized carbons (Fsp3) is 0.238. The summed E-state index contributed by atoms with van der Waals surface area (Å²) in [6.45, 7) is 4.18. The monoisotopic (exact) mass is 364 g/mol. The summed E-state index contributed by atoms with van der Waals surface area (Å²) in [5.41, 5.74) is 2.80. The number of hydrogen-bond donors (Lipinski definition) is 0. The third kappa shape index (κ3) is 3.43. The number of benzene rings is 2. The van der Waals surface area contributed by atoms with Gasteiger partial charge in [0.15, 0.2) is 0 Å². The molecule has 3 aromatic rings. The average molecular weight is 364 g/mol. The lowest BCUT2D eigenvalue weighted by Gasteiger charge is -2.36. The number of carbonyl (C=O) groups is 1. The van der Waals surface area contributed by atoms with Crippen LogP contribution in [0.15, 0.2) is 60.7 Å². The van der Waals surface area contributed by atoms with Gasteiger partial charge >= 0.3 is 0 Å². The molecule has 1 aliphatic heterocycles. The summed E-state index contributed by atoms with van der Waals surface area (Å²) in [6.07, 6.45) is 0. The Bertz CT molecular complexity index is 946. The molecule has 1 amide bonds. The highest BCUT2D eigenvalue weighted by Gasteiger charge is 2.26. The molecule has 1 saturated heterocycles. The minimum atomic E-state index is -0.227. The van der Waals surface area contributed by atoms with Crippen LogP contribution < -0.4 is 4.90 Å². The Morgan fingerprint density at radius 3 is 2.33 bits per heavy atom. The zero-order chi connectivity index (χ0) is 18.8. The van der Waals surface area contributed by atoms with E-state index in [-0.39, 0.29) is 11.7 Å². The third-order valence-electron chi connectivity index (χ3n) is 4.81. The number of halogens is 1. The van der Waals surface area contributed by atoms with E-state index in [1.165, 1.54) is 6.07 Å². The lowest BCUT2D eigenvalue weighted by Crippen LogP contribution is -2.49.